The maximum atomic E-state index is 11.2. The van der Waals surface area contributed by atoms with Crippen LogP contribution in [0.3, 0.4) is 0 Å². The number of hydrogen-bond donors (Lipinski definition) is 0. The van der Waals surface area contributed by atoms with Crippen LogP contribution in [0.5, 0.6) is 0 Å². The minimum Gasteiger partial charge on any atom is -0.454 e. The molecule has 3 heteroatoms. The zero-order chi connectivity index (χ0) is 9.84. The van der Waals surface area contributed by atoms with E-state index in [1.54, 1.807) is 6.92 Å². The molecule has 0 saturated carbocycles. The largest absolute Gasteiger partial charge is 0.454 e. The van der Waals surface area contributed by atoms with Gasteiger partial charge in [0.15, 0.2) is 0 Å². The molecule has 72 valence electrons. The number of rotatable bonds is 2. The summed E-state index contributed by atoms with van der Waals surface area (Å²) < 4.78 is 6.39. The van der Waals surface area contributed by atoms with Crippen LogP contribution < -0.4 is 0 Å². The molecule has 1 rings (SSSR count). The predicted octanol–water partition coefficient (Wildman–Crippen LogP) is 2.98. The van der Waals surface area contributed by atoms with E-state index in [9.17, 15) is 4.79 Å². The summed E-state index contributed by atoms with van der Waals surface area (Å²) in [7, 11) is 0. The van der Waals surface area contributed by atoms with Crippen LogP contribution in [0.2, 0.25) is 0 Å². The summed E-state index contributed by atoms with van der Waals surface area (Å²) in [6.07, 6.45) is 5.23. The molecule has 1 unspecified atom stereocenters. The van der Waals surface area contributed by atoms with Crippen LogP contribution in [-0.2, 0) is 9.53 Å². The summed E-state index contributed by atoms with van der Waals surface area (Å²) in [6.45, 7) is 5.22. The highest BCUT2D eigenvalue weighted by Crippen LogP contribution is 2.26. The summed E-state index contributed by atoms with van der Waals surface area (Å²) in [5, 5.41) is 0. The molecule has 0 aromatic heterocycles. The van der Waals surface area contributed by atoms with Gasteiger partial charge in [0.25, 0.3) is 0 Å². The van der Waals surface area contributed by atoms with Crippen molar-refractivity contribution in [1.82, 2.24) is 0 Å². The van der Waals surface area contributed by atoms with Gasteiger partial charge in [0.05, 0.1) is 0 Å². The van der Waals surface area contributed by atoms with Crippen molar-refractivity contribution in [2.24, 2.45) is 0 Å². The average molecular weight is 292 g/mol. The lowest BCUT2D eigenvalue weighted by atomic mass is 10.1. The molecule has 1 atom stereocenters. The van der Waals surface area contributed by atoms with Gasteiger partial charge in [-0.1, -0.05) is 12.7 Å². The first-order valence-corrected chi connectivity index (χ1v) is 5.41. The lowest BCUT2D eigenvalue weighted by Crippen LogP contribution is -2.20. The highest BCUT2D eigenvalue weighted by atomic mass is 127. The molecule has 0 heterocycles. The zero-order valence-corrected chi connectivity index (χ0v) is 9.84. The monoisotopic (exact) mass is 292 g/mol. The quantitative estimate of drug-likeness (QED) is 0.444. The number of halogens is 1. The Morgan fingerprint density at radius 2 is 2.46 bits per heavy atom. The van der Waals surface area contributed by atoms with Gasteiger partial charge in [-0.2, -0.15) is 0 Å². The van der Waals surface area contributed by atoms with Crippen molar-refractivity contribution < 1.29 is 9.53 Å². The molecule has 0 aromatic rings. The lowest BCUT2D eigenvalue weighted by molar-refractivity contribution is -0.142. The molecule has 0 aromatic carbocycles. The molecule has 0 fully saturated rings. The van der Waals surface area contributed by atoms with E-state index in [1.807, 2.05) is 0 Å². The molecule has 0 spiro atoms. The number of carbonyl (C=O) groups excluding carboxylic acids is 1. The Morgan fingerprint density at radius 1 is 1.77 bits per heavy atom. The predicted molar refractivity (Wildman–Crippen MR) is 60.6 cm³/mol. The van der Waals surface area contributed by atoms with Crippen LogP contribution in [-0.4, -0.2) is 12.1 Å². The molecular weight excluding hydrogens is 279 g/mol. The molecule has 13 heavy (non-hydrogen) atoms. The highest BCUT2D eigenvalue weighted by Gasteiger charge is 2.19. The summed E-state index contributed by atoms with van der Waals surface area (Å²) in [6, 6.07) is 0. The average Bonchev–Trinajstić information content (AvgIpc) is 2.08. The van der Waals surface area contributed by atoms with E-state index >= 15 is 0 Å². The van der Waals surface area contributed by atoms with Crippen molar-refractivity contribution in [3.05, 3.63) is 21.8 Å². The third kappa shape index (κ3) is 3.14. The molecule has 1 aliphatic rings. The third-order valence-corrected chi connectivity index (χ3v) is 3.05. The molecule has 2 nitrogen and oxygen atoms in total. The van der Waals surface area contributed by atoms with E-state index in [4.69, 9.17) is 4.74 Å². The Bertz CT molecular complexity index is 256. The Kier molecular flexibility index (Phi) is 3.96. The van der Waals surface area contributed by atoms with Gasteiger partial charge in [-0.15, -0.1) is 0 Å². The zero-order valence-electron chi connectivity index (χ0n) is 7.68. The van der Waals surface area contributed by atoms with Crippen molar-refractivity contribution in [3.8, 4) is 0 Å². The minimum atomic E-state index is -0.283. The van der Waals surface area contributed by atoms with Gasteiger partial charge in [-0.3, -0.25) is 0 Å². The van der Waals surface area contributed by atoms with E-state index < -0.39 is 0 Å². The summed E-state index contributed by atoms with van der Waals surface area (Å²) in [5.41, 5.74) is 0.467. The van der Waals surface area contributed by atoms with Crippen LogP contribution >= 0.6 is 22.6 Å². The number of hydrogen-bond acceptors (Lipinski definition) is 2. The van der Waals surface area contributed by atoms with E-state index in [0.29, 0.717) is 5.57 Å². The van der Waals surface area contributed by atoms with Gasteiger partial charge in [-0.05, 0) is 48.8 Å². The van der Waals surface area contributed by atoms with Crippen LogP contribution in [0, 0.1) is 0 Å². The van der Waals surface area contributed by atoms with Crippen LogP contribution in [0.1, 0.15) is 26.2 Å². The highest BCUT2D eigenvalue weighted by molar-refractivity contribution is 14.1. The Morgan fingerprint density at radius 3 is 3.00 bits per heavy atom. The first-order valence-electron chi connectivity index (χ1n) is 4.33. The maximum absolute atomic E-state index is 11.2. The lowest BCUT2D eigenvalue weighted by Gasteiger charge is -2.20. The van der Waals surface area contributed by atoms with Crippen LogP contribution in [0.15, 0.2) is 21.8 Å². The second kappa shape index (κ2) is 4.79. The molecule has 0 aliphatic heterocycles. The van der Waals surface area contributed by atoms with Gasteiger partial charge in [0.2, 0.25) is 0 Å². The standard InChI is InChI=1S/C10H13IO2/c1-7(2)10(12)13-9-6-4-3-5-8(9)11/h5,9H,1,3-4,6H2,2H3. The topological polar surface area (TPSA) is 26.3 Å². The van der Waals surface area contributed by atoms with Gasteiger partial charge in [0, 0.05) is 9.15 Å². The van der Waals surface area contributed by atoms with Gasteiger partial charge < -0.3 is 4.74 Å². The van der Waals surface area contributed by atoms with Gasteiger partial charge >= 0.3 is 5.97 Å². The first-order chi connectivity index (χ1) is 6.11. The number of carbonyl (C=O) groups is 1. The van der Waals surface area contributed by atoms with E-state index in [1.165, 1.54) is 0 Å². The fourth-order valence-electron chi connectivity index (χ4n) is 1.16. The number of ether oxygens (including phenoxy) is 1. The Hall–Kier alpha value is -0.320. The van der Waals surface area contributed by atoms with E-state index in [2.05, 4.69) is 35.2 Å². The summed E-state index contributed by atoms with van der Waals surface area (Å²) in [5.74, 6) is -0.283. The van der Waals surface area contributed by atoms with Gasteiger partial charge in [0.1, 0.15) is 6.10 Å². The van der Waals surface area contributed by atoms with Crippen molar-refractivity contribution in [2.75, 3.05) is 0 Å². The smallest absolute Gasteiger partial charge is 0.333 e. The van der Waals surface area contributed by atoms with Crippen LogP contribution in [0.25, 0.3) is 0 Å². The molecule has 0 bridgehead atoms. The first kappa shape index (κ1) is 10.8. The van der Waals surface area contributed by atoms with E-state index in [-0.39, 0.29) is 12.1 Å². The molecular formula is C10H13IO2. The summed E-state index contributed by atoms with van der Waals surface area (Å²) in [4.78, 5) is 11.2. The van der Waals surface area contributed by atoms with Crippen molar-refractivity contribution >= 4 is 28.6 Å². The molecule has 1 aliphatic carbocycles. The summed E-state index contributed by atoms with van der Waals surface area (Å²) >= 11 is 2.23. The van der Waals surface area contributed by atoms with Gasteiger partial charge in [-0.25, -0.2) is 4.79 Å². The van der Waals surface area contributed by atoms with Crippen molar-refractivity contribution in [3.63, 3.8) is 0 Å². The van der Waals surface area contributed by atoms with E-state index in [0.717, 1.165) is 22.8 Å². The normalized spacial score (nSPS) is 22.0. The van der Waals surface area contributed by atoms with Crippen molar-refractivity contribution in [2.45, 2.75) is 32.3 Å². The second-order valence-corrected chi connectivity index (χ2v) is 4.44. The molecule has 0 amide bonds. The molecule has 0 N–H and O–H groups in total. The number of esters is 1. The maximum Gasteiger partial charge on any atom is 0.333 e. The Balaban J connectivity index is 2.53. The molecule has 0 radical (unpaired) electrons. The fraction of sp³-hybridized carbons (Fsp3) is 0.500. The van der Waals surface area contributed by atoms with Crippen molar-refractivity contribution in [1.29, 1.82) is 0 Å². The van der Waals surface area contributed by atoms with Crippen LogP contribution in [0.4, 0.5) is 0 Å². The fourth-order valence-corrected chi connectivity index (χ4v) is 1.91. The minimum absolute atomic E-state index is 0.0291. The third-order valence-electron chi connectivity index (χ3n) is 1.92. The second-order valence-electron chi connectivity index (χ2n) is 3.19. The molecule has 0 saturated heterocycles. The Labute approximate surface area is 92.2 Å². The SMILES string of the molecule is C=C(C)C(=O)OC1CCCC=C1I. The number of allylic oxidation sites excluding steroid dienone is 1.